The van der Waals surface area contributed by atoms with E-state index in [9.17, 15) is 18.4 Å². The number of nitrogens with zero attached hydrogens (tertiary/aromatic N) is 4. The Morgan fingerprint density at radius 3 is 2.73 bits per heavy atom. The molecular weight excluding hydrogens is 398 g/mol. The smallest absolute Gasteiger partial charge is 0.376 e. The van der Waals surface area contributed by atoms with Gasteiger partial charge in [-0.25, -0.2) is 4.98 Å². The standard InChI is InChI=1S/C20H22F2N4O4/c21-20(22)18(28)26(16-4-2-1-3-5-16)13-19(30-20)12-25(10-11-29-14-19)17(27)6-8-24-9-7-23-15-24/h1-5,7,9,15H,6,8,10-14H2. The molecule has 160 valence electrons. The molecule has 0 radical (unpaired) electrons. The minimum Gasteiger partial charge on any atom is -0.376 e. The molecule has 10 heteroatoms. The molecule has 0 N–H and O–H groups in total. The highest BCUT2D eigenvalue weighted by Gasteiger charge is 2.58. The predicted octanol–water partition coefficient (Wildman–Crippen LogP) is 1.53. The van der Waals surface area contributed by atoms with Crippen molar-refractivity contribution in [2.24, 2.45) is 0 Å². The second-order valence-electron chi connectivity index (χ2n) is 7.45. The second-order valence-corrected chi connectivity index (χ2v) is 7.45. The minimum absolute atomic E-state index is 0.0953. The van der Waals surface area contributed by atoms with E-state index in [0.29, 0.717) is 12.2 Å². The number of hydrogen-bond donors (Lipinski definition) is 0. The Labute approximate surface area is 172 Å². The maximum atomic E-state index is 14.6. The van der Waals surface area contributed by atoms with E-state index in [1.54, 1.807) is 53.6 Å². The SMILES string of the molecule is O=C(CCn1ccnc1)N1CCOCC2(C1)CN(c1ccccc1)C(=O)C(F)(F)O2. The Kier molecular flexibility index (Phi) is 5.52. The molecule has 0 bridgehead atoms. The Balaban J connectivity index is 1.54. The van der Waals surface area contributed by atoms with Gasteiger partial charge in [0, 0.05) is 37.6 Å². The number of carbonyl (C=O) groups excluding carboxylic acids is 2. The molecule has 2 fully saturated rings. The van der Waals surface area contributed by atoms with Gasteiger partial charge in [0.15, 0.2) is 0 Å². The Hall–Kier alpha value is -2.85. The first-order valence-corrected chi connectivity index (χ1v) is 9.65. The van der Waals surface area contributed by atoms with Crippen molar-refractivity contribution in [2.75, 3.05) is 37.7 Å². The van der Waals surface area contributed by atoms with Crippen molar-refractivity contribution in [3.63, 3.8) is 0 Å². The van der Waals surface area contributed by atoms with Crippen molar-refractivity contribution in [3.05, 3.63) is 49.1 Å². The van der Waals surface area contributed by atoms with Crippen LogP contribution >= 0.6 is 0 Å². The summed E-state index contributed by atoms with van der Waals surface area (Å²) < 4.78 is 41.5. The molecule has 3 heterocycles. The molecule has 1 atom stereocenters. The Bertz CT molecular complexity index is 893. The van der Waals surface area contributed by atoms with Gasteiger partial charge < -0.3 is 19.1 Å². The third-order valence-electron chi connectivity index (χ3n) is 5.20. The number of aromatic nitrogens is 2. The average molecular weight is 420 g/mol. The topological polar surface area (TPSA) is 76.9 Å². The molecule has 1 aromatic carbocycles. The fourth-order valence-corrected chi connectivity index (χ4v) is 3.76. The molecule has 2 aromatic rings. The van der Waals surface area contributed by atoms with Gasteiger partial charge in [-0.15, -0.1) is 0 Å². The lowest BCUT2D eigenvalue weighted by Gasteiger charge is -2.45. The number of anilines is 1. The van der Waals surface area contributed by atoms with Gasteiger partial charge in [-0.2, -0.15) is 8.78 Å². The Morgan fingerprint density at radius 1 is 1.20 bits per heavy atom. The molecule has 30 heavy (non-hydrogen) atoms. The molecule has 2 aliphatic heterocycles. The van der Waals surface area contributed by atoms with Crippen LogP contribution in [-0.2, 0) is 25.6 Å². The van der Waals surface area contributed by atoms with Gasteiger partial charge in [0.25, 0.3) is 0 Å². The number of carbonyl (C=O) groups is 2. The molecule has 2 saturated heterocycles. The van der Waals surface area contributed by atoms with Gasteiger partial charge >= 0.3 is 12.0 Å². The van der Waals surface area contributed by atoms with Gasteiger partial charge in [0.2, 0.25) is 5.91 Å². The number of amides is 2. The van der Waals surface area contributed by atoms with Crippen LogP contribution in [0.25, 0.3) is 0 Å². The predicted molar refractivity (Wildman–Crippen MR) is 102 cm³/mol. The summed E-state index contributed by atoms with van der Waals surface area (Å²) in [5.41, 5.74) is -1.19. The van der Waals surface area contributed by atoms with Gasteiger partial charge in [0.1, 0.15) is 5.60 Å². The van der Waals surface area contributed by atoms with Crippen LogP contribution in [-0.4, -0.2) is 70.8 Å². The summed E-state index contributed by atoms with van der Waals surface area (Å²) in [6.45, 7) is 0.504. The van der Waals surface area contributed by atoms with Gasteiger partial charge in [-0.05, 0) is 12.1 Å². The van der Waals surface area contributed by atoms with E-state index >= 15 is 0 Å². The lowest BCUT2D eigenvalue weighted by Crippen LogP contribution is -2.66. The zero-order valence-corrected chi connectivity index (χ0v) is 16.2. The number of ether oxygens (including phenoxy) is 2. The number of imidazole rings is 1. The second kappa shape index (κ2) is 8.11. The first-order valence-electron chi connectivity index (χ1n) is 9.65. The number of hydrogen-bond acceptors (Lipinski definition) is 5. The molecule has 1 aromatic heterocycles. The van der Waals surface area contributed by atoms with Crippen LogP contribution in [0.1, 0.15) is 6.42 Å². The molecule has 2 amide bonds. The summed E-state index contributed by atoms with van der Waals surface area (Å²) in [5, 5.41) is 0. The van der Waals surface area contributed by atoms with E-state index in [0.717, 1.165) is 4.90 Å². The normalized spacial score (nSPS) is 24.1. The number of morpholine rings is 1. The van der Waals surface area contributed by atoms with Crippen molar-refractivity contribution in [1.82, 2.24) is 14.5 Å². The monoisotopic (exact) mass is 420 g/mol. The number of halogens is 2. The average Bonchev–Trinajstić information content (AvgIpc) is 3.17. The maximum Gasteiger partial charge on any atom is 0.437 e. The number of aryl methyl sites for hydroxylation is 1. The van der Waals surface area contributed by atoms with Crippen molar-refractivity contribution in [3.8, 4) is 0 Å². The van der Waals surface area contributed by atoms with Crippen LogP contribution in [0.15, 0.2) is 49.1 Å². The van der Waals surface area contributed by atoms with Crippen LogP contribution in [0.5, 0.6) is 0 Å². The number of alkyl halides is 2. The summed E-state index contributed by atoms with van der Waals surface area (Å²) >= 11 is 0. The zero-order valence-electron chi connectivity index (χ0n) is 16.2. The highest BCUT2D eigenvalue weighted by Crippen LogP contribution is 2.36. The fourth-order valence-electron chi connectivity index (χ4n) is 3.76. The molecule has 4 rings (SSSR count). The van der Waals surface area contributed by atoms with E-state index in [1.165, 1.54) is 4.90 Å². The largest absolute Gasteiger partial charge is 0.437 e. The Morgan fingerprint density at radius 2 is 2.00 bits per heavy atom. The van der Waals surface area contributed by atoms with Crippen molar-refractivity contribution in [1.29, 1.82) is 0 Å². The van der Waals surface area contributed by atoms with Crippen LogP contribution in [0.3, 0.4) is 0 Å². The first-order chi connectivity index (χ1) is 14.4. The van der Waals surface area contributed by atoms with Gasteiger partial charge in [-0.3, -0.25) is 14.3 Å². The van der Waals surface area contributed by atoms with Crippen LogP contribution in [0.4, 0.5) is 14.5 Å². The molecule has 1 unspecified atom stereocenters. The number of benzene rings is 1. The first kappa shape index (κ1) is 20.4. The van der Waals surface area contributed by atoms with E-state index < -0.39 is 17.6 Å². The molecule has 0 saturated carbocycles. The lowest BCUT2D eigenvalue weighted by atomic mass is 10.00. The van der Waals surface area contributed by atoms with Crippen LogP contribution < -0.4 is 4.90 Å². The quantitative estimate of drug-likeness (QED) is 0.750. The van der Waals surface area contributed by atoms with E-state index in [2.05, 4.69) is 4.98 Å². The highest BCUT2D eigenvalue weighted by atomic mass is 19.3. The molecule has 8 nitrogen and oxygen atoms in total. The zero-order chi connectivity index (χ0) is 21.2. The molecule has 1 spiro atoms. The summed E-state index contributed by atoms with van der Waals surface area (Å²) in [5.74, 6) is -1.63. The van der Waals surface area contributed by atoms with Crippen molar-refractivity contribution < 1.29 is 27.8 Å². The molecular formula is C20H22F2N4O4. The minimum atomic E-state index is -4.02. The van der Waals surface area contributed by atoms with E-state index in [1.807, 2.05) is 0 Å². The highest BCUT2D eigenvalue weighted by molar-refractivity contribution is 5.98. The summed E-state index contributed by atoms with van der Waals surface area (Å²) in [7, 11) is 0. The molecule has 2 aliphatic rings. The summed E-state index contributed by atoms with van der Waals surface area (Å²) in [6.07, 6.45) is 1.13. The fraction of sp³-hybridized carbons (Fsp3) is 0.450. The van der Waals surface area contributed by atoms with E-state index in [-0.39, 0.29) is 45.2 Å². The lowest BCUT2D eigenvalue weighted by molar-refractivity contribution is -0.293. The van der Waals surface area contributed by atoms with Crippen molar-refractivity contribution in [2.45, 2.75) is 24.7 Å². The van der Waals surface area contributed by atoms with Crippen molar-refractivity contribution >= 4 is 17.5 Å². The van der Waals surface area contributed by atoms with Gasteiger partial charge in [0.05, 0.1) is 32.6 Å². The molecule has 0 aliphatic carbocycles. The maximum absolute atomic E-state index is 14.6. The summed E-state index contributed by atoms with van der Waals surface area (Å²) in [4.78, 5) is 31.5. The van der Waals surface area contributed by atoms with Gasteiger partial charge in [-0.1, -0.05) is 18.2 Å². The van der Waals surface area contributed by atoms with Crippen LogP contribution in [0.2, 0.25) is 0 Å². The third kappa shape index (κ3) is 4.19. The van der Waals surface area contributed by atoms with E-state index in [4.69, 9.17) is 9.47 Å². The van der Waals surface area contributed by atoms with Crippen LogP contribution in [0, 0.1) is 0 Å². The third-order valence-corrected chi connectivity index (χ3v) is 5.20. The summed E-state index contributed by atoms with van der Waals surface area (Å²) in [6, 6.07) is 8.23. The number of para-hydroxylation sites is 1. The number of rotatable bonds is 4.